The third-order valence-corrected chi connectivity index (χ3v) is 5.19. The molecule has 0 aliphatic carbocycles. The molecule has 180 valence electrons. The first-order valence-electron chi connectivity index (χ1n) is 10.7. The molecular formula is C25H27F3N4O2. The van der Waals surface area contributed by atoms with Gasteiger partial charge in [-0.15, -0.1) is 0 Å². The van der Waals surface area contributed by atoms with Crippen LogP contribution in [0.5, 0.6) is 0 Å². The number of carbonyl (C=O) groups is 2. The van der Waals surface area contributed by atoms with Crippen molar-refractivity contribution in [1.29, 1.82) is 0 Å². The van der Waals surface area contributed by atoms with Gasteiger partial charge in [0.15, 0.2) is 0 Å². The van der Waals surface area contributed by atoms with Gasteiger partial charge in [0, 0.05) is 17.0 Å². The minimum absolute atomic E-state index is 0.182. The first kappa shape index (κ1) is 25.0. The average molecular weight is 473 g/mol. The predicted octanol–water partition coefficient (Wildman–Crippen LogP) is 5.17. The smallest absolute Gasteiger partial charge is 0.343 e. The molecule has 0 unspecified atom stereocenters. The second-order valence-corrected chi connectivity index (χ2v) is 9.18. The number of nitrogens with one attached hydrogen (secondary N) is 2. The highest BCUT2D eigenvalue weighted by atomic mass is 19.4. The molecule has 0 saturated heterocycles. The topological polar surface area (TPSA) is 76.0 Å². The van der Waals surface area contributed by atoms with Crippen molar-refractivity contribution >= 4 is 17.6 Å². The summed E-state index contributed by atoms with van der Waals surface area (Å²) < 4.78 is 40.3. The highest BCUT2D eigenvalue weighted by Gasteiger charge is 2.31. The van der Waals surface area contributed by atoms with Crippen LogP contribution in [-0.4, -0.2) is 28.1 Å². The van der Waals surface area contributed by atoms with Crippen LogP contribution >= 0.6 is 0 Å². The lowest BCUT2D eigenvalue weighted by Crippen LogP contribution is -2.33. The van der Waals surface area contributed by atoms with Crippen molar-refractivity contribution in [3.63, 3.8) is 0 Å². The Hall–Kier alpha value is -3.62. The largest absolute Gasteiger partial charge is 0.416 e. The summed E-state index contributed by atoms with van der Waals surface area (Å²) in [4.78, 5) is 24.9. The number of nitrogens with zero attached hydrogens (tertiary/aromatic N) is 2. The number of hydrogen-bond acceptors (Lipinski definition) is 3. The van der Waals surface area contributed by atoms with Crippen LogP contribution in [0.3, 0.4) is 0 Å². The highest BCUT2D eigenvalue weighted by Crippen LogP contribution is 2.30. The van der Waals surface area contributed by atoms with E-state index in [9.17, 15) is 22.8 Å². The molecule has 1 aromatic heterocycles. The Morgan fingerprint density at radius 2 is 1.71 bits per heavy atom. The maximum atomic E-state index is 12.9. The second-order valence-electron chi connectivity index (χ2n) is 9.18. The molecule has 6 nitrogen and oxygen atoms in total. The Labute approximate surface area is 196 Å². The number of halogens is 3. The number of alkyl halides is 3. The van der Waals surface area contributed by atoms with Crippen LogP contribution in [0.1, 0.15) is 53.5 Å². The van der Waals surface area contributed by atoms with Gasteiger partial charge in [0.1, 0.15) is 5.82 Å². The van der Waals surface area contributed by atoms with Crippen molar-refractivity contribution in [2.24, 2.45) is 0 Å². The minimum Gasteiger partial charge on any atom is -0.343 e. The highest BCUT2D eigenvalue weighted by molar-refractivity contribution is 5.99. The molecule has 0 atom stereocenters. The number of aromatic nitrogens is 2. The molecule has 3 aromatic rings. The summed E-state index contributed by atoms with van der Waals surface area (Å²) in [6, 6.07) is 11.7. The van der Waals surface area contributed by atoms with Gasteiger partial charge >= 0.3 is 6.18 Å². The van der Waals surface area contributed by atoms with Crippen LogP contribution in [0.2, 0.25) is 0 Å². The van der Waals surface area contributed by atoms with Gasteiger partial charge in [0.25, 0.3) is 5.91 Å². The summed E-state index contributed by atoms with van der Waals surface area (Å²) in [5.41, 5.74) is 2.22. The molecule has 9 heteroatoms. The lowest BCUT2D eigenvalue weighted by atomic mass is 9.92. The van der Waals surface area contributed by atoms with Crippen LogP contribution in [-0.2, 0) is 16.4 Å². The van der Waals surface area contributed by atoms with E-state index in [2.05, 4.69) is 15.7 Å². The van der Waals surface area contributed by atoms with Gasteiger partial charge in [-0.1, -0.05) is 44.5 Å². The van der Waals surface area contributed by atoms with Crippen molar-refractivity contribution < 1.29 is 22.8 Å². The monoisotopic (exact) mass is 472 g/mol. The maximum Gasteiger partial charge on any atom is 0.416 e. The summed E-state index contributed by atoms with van der Waals surface area (Å²) >= 11 is 0. The molecule has 2 N–H and O–H groups in total. The molecule has 0 spiro atoms. The third kappa shape index (κ3) is 5.84. The van der Waals surface area contributed by atoms with Crippen LogP contribution in [0.15, 0.2) is 48.5 Å². The molecule has 2 aromatic carbocycles. The number of anilines is 1. The first-order chi connectivity index (χ1) is 15.8. The van der Waals surface area contributed by atoms with Gasteiger partial charge in [0.05, 0.1) is 23.5 Å². The summed E-state index contributed by atoms with van der Waals surface area (Å²) in [5.74, 6) is -0.888. The first-order valence-corrected chi connectivity index (χ1v) is 10.7. The van der Waals surface area contributed by atoms with E-state index in [1.807, 2.05) is 52.8 Å². The summed E-state index contributed by atoms with van der Waals surface area (Å²) in [5, 5.41) is 9.80. The van der Waals surface area contributed by atoms with E-state index in [1.165, 1.54) is 6.07 Å². The SMILES string of the molecule is Cc1ccc(-n2nc(C(C)(C)C)cc2NC(=O)CNC(=O)c2cccc(C(F)(F)F)c2)c(C)c1. The number of hydrogen-bond donors (Lipinski definition) is 2. The molecule has 1 heterocycles. The lowest BCUT2D eigenvalue weighted by molar-refractivity contribution is -0.137. The number of carbonyl (C=O) groups excluding carboxylic acids is 2. The Morgan fingerprint density at radius 3 is 2.32 bits per heavy atom. The standard InChI is InChI=1S/C25H27F3N4O2/c1-15-9-10-19(16(2)11-15)32-21(13-20(31-32)24(3,4)5)30-22(33)14-29-23(34)17-7-6-8-18(12-17)25(26,27)28/h6-13H,14H2,1-5H3,(H,29,34)(H,30,33). The predicted molar refractivity (Wildman–Crippen MR) is 124 cm³/mol. The van der Waals surface area contributed by atoms with Gasteiger partial charge in [-0.25, -0.2) is 4.68 Å². The Morgan fingerprint density at radius 1 is 1.00 bits per heavy atom. The van der Waals surface area contributed by atoms with Gasteiger partial charge in [0.2, 0.25) is 5.91 Å². The van der Waals surface area contributed by atoms with E-state index < -0.39 is 30.1 Å². The van der Waals surface area contributed by atoms with Crippen LogP contribution in [0, 0.1) is 13.8 Å². The number of benzene rings is 2. The van der Waals surface area contributed by atoms with Gasteiger partial charge < -0.3 is 10.6 Å². The molecule has 0 radical (unpaired) electrons. The summed E-state index contributed by atoms with van der Waals surface area (Å²) in [6.07, 6.45) is -4.56. The molecule has 0 bridgehead atoms. The van der Waals surface area contributed by atoms with E-state index in [0.717, 1.165) is 40.7 Å². The fraction of sp³-hybridized carbons (Fsp3) is 0.320. The van der Waals surface area contributed by atoms with Gasteiger partial charge in [-0.05, 0) is 43.7 Å². The number of amides is 2. The third-order valence-electron chi connectivity index (χ3n) is 5.19. The minimum atomic E-state index is -4.56. The second kappa shape index (κ2) is 9.32. The van der Waals surface area contributed by atoms with Crippen molar-refractivity contribution in [2.45, 2.75) is 46.2 Å². The van der Waals surface area contributed by atoms with E-state index in [0.29, 0.717) is 5.82 Å². The Kier molecular flexibility index (Phi) is 6.86. The molecule has 3 rings (SSSR count). The molecule has 0 saturated carbocycles. The van der Waals surface area contributed by atoms with Crippen molar-refractivity contribution in [1.82, 2.24) is 15.1 Å². The zero-order valence-corrected chi connectivity index (χ0v) is 19.7. The Bertz CT molecular complexity index is 1220. The van der Waals surface area contributed by atoms with Crippen molar-refractivity contribution in [3.05, 3.63) is 76.5 Å². The summed E-state index contributed by atoms with van der Waals surface area (Å²) in [6.45, 7) is 9.52. The van der Waals surface area contributed by atoms with Gasteiger partial charge in [-0.3, -0.25) is 9.59 Å². The number of rotatable bonds is 5. The molecule has 0 aliphatic heterocycles. The molecule has 0 aliphatic rings. The molecule has 0 fully saturated rings. The van der Waals surface area contributed by atoms with Crippen LogP contribution in [0.4, 0.5) is 19.0 Å². The van der Waals surface area contributed by atoms with E-state index in [4.69, 9.17) is 0 Å². The van der Waals surface area contributed by atoms with Crippen molar-refractivity contribution in [3.8, 4) is 5.69 Å². The average Bonchev–Trinajstić information content (AvgIpc) is 3.15. The normalized spacial score (nSPS) is 11.9. The Balaban J connectivity index is 1.78. The molecule has 34 heavy (non-hydrogen) atoms. The van der Waals surface area contributed by atoms with Crippen molar-refractivity contribution in [2.75, 3.05) is 11.9 Å². The maximum absolute atomic E-state index is 12.9. The zero-order chi connectivity index (χ0) is 25.3. The fourth-order valence-electron chi connectivity index (χ4n) is 3.35. The van der Waals surface area contributed by atoms with E-state index >= 15 is 0 Å². The van der Waals surface area contributed by atoms with Crippen LogP contribution in [0.25, 0.3) is 5.69 Å². The quantitative estimate of drug-likeness (QED) is 0.538. The van der Waals surface area contributed by atoms with Crippen LogP contribution < -0.4 is 10.6 Å². The van der Waals surface area contributed by atoms with E-state index in [-0.39, 0.29) is 11.0 Å². The fourth-order valence-corrected chi connectivity index (χ4v) is 3.35. The van der Waals surface area contributed by atoms with Gasteiger partial charge in [-0.2, -0.15) is 18.3 Å². The van der Waals surface area contributed by atoms with E-state index in [1.54, 1.807) is 10.7 Å². The molecular weight excluding hydrogens is 445 g/mol. The zero-order valence-electron chi connectivity index (χ0n) is 19.7. The summed E-state index contributed by atoms with van der Waals surface area (Å²) in [7, 11) is 0. The molecule has 2 amide bonds. The number of aryl methyl sites for hydroxylation is 2. The lowest BCUT2D eigenvalue weighted by Gasteiger charge is -2.14.